The van der Waals surface area contributed by atoms with Crippen LogP contribution in [0.15, 0.2) is 52.3 Å². The summed E-state index contributed by atoms with van der Waals surface area (Å²) in [6, 6.07) is 4.85. The zero-order chi connectivity index (χ0) is 21.1. The predicted octanol–water partition coefficient (Wildman–Crippen LogP) is 4.62. The molecule has 0 bridgehead atoms. The Labute approximate surface area is 153 Å². The minimum Gasteiger partial charge on any atom is -0.506 e. The van der Waals surface area contributed by atoms with Gasteiger partial charge in [0.2, 0.25) is 15.6 Å². The Morgan fingerprint density at radius 1 is 0.857 bits per heavy atom. The van der Waals surface area contributed by atoms with Gasteiger partial charge in [-0.05, 0) is 30.3 Å². The van der Waals surface area contributed by atoms with E-state index in [9.17, 15) is 44.7 Å². The van der Waals surface area contributed by atoms with Crippen LogP contribution in [0.3, 0.4) is 0 Å². The van der Waals surface area contributed by atoms with Crippen molar-refractivity contribution in [1.29, 1.82) is 0 Å². The maximum Gasteiger partial charge on any atom is 0.416 e. The lowest BCUT2D eigenvalue weighted by Crippen LogP contribution is -2.13. The Morgan fingerprint density at radius 3 is 1.82 bits per heavy atom. The first-order chi connectivity index (χ1) is 12.7. The number of aliphatic hydroxyl groups is 1. The summed E-state index contributed by atoms with van der Waals surface area (Å²) in [5.74, 6) is -2.71. The van der Waals surface area contributed by atoms with E-state index in [2.05, 4.69) is 0 Å². The van der Waals surface area contributed by atoms with Crippen molar-refractivity contribution >= 4 is 21.4 Å². The van der Waals surface area contributed by atoms with Gasteiger partial charge in [0.25, 0.3) is 0 Å². The van der Waals surface area contributed by atoms with Gasteiger partial charge in [0, 0.05) is 11.1 Å². The summed E-state index contributed by atoms with van der Waals surface area (Å²) in [5, 5.41) is 10.2. The minimum absolute atomic E-state index is 0.142. The van der Waals surface area contributed by atoms with Crippen LogP contribution in [-0.2, 0) is 22.2 Å². The fourth-order valence-corrected chi connectivity index (χ4v) is 4.35. The van der Waals surface area contributed by atoms with Gasteiger partial charge in [0.1, 0.15) is 5.76 Å². The highest BCUT2D eigenvalue weighted by Crippen LogP contribution is 2.41. The van der Waals surface area contributed by atoms with E-state index in [0.717, 1.165) is 12.1 Å². The molecule has 1 aliphatic heterocycles. The molecule has 0 radical (unpaired) electrons. The number of rotatable bonds is 1. The number of carbonyl (C=O) groups is 1. The van der Waals surface area contributed by atoms with Crippen LogP contribution in [0, 0.1) is 0 Å². The number of hydrogen-bond acceptors (Lipinski definition) is 4. The number of aliphatic hydroxyl groups excluding tert-OH is 1. The monoisotopic (exact) mass is 422 g/mol. The van der Waals surface area contributed by atoms with Gasteiger partial charge in [0.05, 0.1) is 16.0 Å². The fourth-order valence-electron chi connectivity index (χ4n) is 2.70. The highest BCUT2D eigenvalue weighted by Gasteiger charge is 2.43. The lowest BCUT2D eigenvalue weighted by atomic mass is 10.0. The molecule has 0 spiro atoms. The average molecular weight is 422 g/mol. The number of carbonyl (C=O) groups excluding carboxylic acids is 1. The van der Waals surface area contributed by atoms with Crippen molar-refractivity contribution in [2.24, 2.45) is 0 Å². The highest BCUT2D eigenvalue weighted by atomic mass is 32.2. The van der Waals surface area contributed by atoms with E-state index in [-0.39, 0.29) is 23.8 Å². The summed E-state index contributed by atoms with van der Waals surface area (Å²) >= 11 is 0. The van der Waals surface area contributed by atoms with E-state index < -0.39 is 60.2 Å². The first-order valence-corrected chi connectivity index (χ1v) is 8.85. The Morgan fingerprint density at radius 2 is 1.36 bits per heavy atom. The normalized spacial score (nSPS) is 18.1. The molecular formula is C17H8F6O4S. The smallest absolute Gasteiger partial charge is 0.416 e. The quantitative estimate of drug-likeness (QED) is 0.414. The second-order valence-electron chi connectivity index (χ2n) is 5.80. The van der Waals surface area contributed by atoms with E-state index >= 15 is 0 Å². The zero-order valence-corrected chi connectivity index (χ0v) is 14.2. The first-order valence-electron chi connectivity index (χ1n) is 7.36. The van der Waals surface area contributed by atoms with Crippen LogP contribution in [0.2, 0.25) is 0 Å². The number of benzene rings is 2. The van der Waals surface area contributed by atoms with Crippen LogP contribution in [0.1, 0.15) is 27.0 Å². The van der Waals surface area contributed by atoms with Crippen molar-refractivity contribution in [2.75, 3.05) is 0 Å². The number of Topliss-reactive ketones (excluding diaryl/α,β-unsaturated/α-hetero) is 1. The van der Waals surface area contributed by atoms with Gasteiger partial charge in [-0.1, -0.05) is 12.1 Å². The Hall–Kier alpha value is -2.82. The van der Waals surface area contributed by atoms with Gasteiger partial charge in [-0.15, -0.1) is 0 Å². The molecular weight excluding hydrogens is 414 g/mol. The maximum absolute atomic E-state index is 13.0. The molecule has 0 saturated carbocycles. The van der Waals surface area contributed by atoms with Crippen molar-refractivity contribution in [1.82, 2.24) is 0 Å². The molecule has 1 aliphatic rings. The largest absolute Gasteiger partial charge is 0.506 e. The van der Waals surface area contributed by atoms with Crippen LogP contribution >= 0.6 is 0 Å². The molecule has 11 heteroatoms. The third-order valence-corrected chi connectivity index (χ3v) is 5.82. The van der Waals surface area contributed by atoms with Gasteiger partial charge >= 0.3 is 12.4 Å². The SMILES string of the molecule is O=C1/C(=C(\O)c2cc(C(F)(F)F)cc(C(F)(F)F)c2)S(=O)(=O)c2ccccc21. The lowest BCUT2D eigenvalue weighted by molar-refractivity contribution is -0.143. The van der Waals surface area contributed by atoms with Crippen LogP contribution in [0.4, 0.5) is 26.3 Å². The van der Waals surface area contributed by atoms with E-state index in [1.807, 2.05) is 0 Å². The number of allylic oxidation sites excluding steroid dienone is 1. The minimum atomic E-state index is -5.21. The number of fused-ring (bicyclic) bond motifs is 1. The highest BCUT2D eigenvalue weighted by molar-refractivity contribution is 7.97. The van der Waals surface area contributed by atoms with Crippen molar-refractivity contribution in [2.45, 2.75) is 17.2 Å². The molecule has 0 unspecified atom stereocenters. The van der Waals surface area contributed by atoms with E-state index in [1.165, 1.54) is 12.1 Å². The molecule has 148 valence electrons. The molecule has 2 aromatic rings. The van der Waals surface area contributed by atoms with Crippen LogP contribution in [0.5, 0.6) is 0 Å². The number of hydrogen-bond donors (Lipinski definition) is 1. The number of ketones is 1. The maximum atomic E-state index is 13.0. The Kier molecular flexibility index (Phi) is 4.34. The molecule has 1 heterocycles. The molecule has 0 amide bonds. The molecule has 4 nitrogen and oxygen atoms in total. The van der Waals surface area contributed by atoms with E-state index in [0.29, 0.717) is 0 Å². The fraction of sp³-hybridized carbons (Fsp3) is 0.118. The summed E-state index contributed by atoms with van der Waals surface area (Å²) in [4.78, 5) is 10.6. The second-order valence-corrected chi connectivity index (χ2v) is 7.66. The van der Waals surface area contributed by atoms with Crippen LogP contribution in [0.25, 0.3) is 5.76 Å². The summed E-state index contributed by atoms with van der Waals surface area (Å²) in [6.07, 6.45) is -10.4. The summed E-state index contributed by atoms with van der Waals surface area (Å²) < 4.78 is 103. The van der Waals surface area contributed by atoms with Gasteiger partial charge in [-0.3, -0.25) is 4.79 Å². The second kappa shape index (κ2) is 6.09. The molecule has 0 aliphatic carbocycles. The molecule has 0 atom stereocenters. The third-order valence-electron chi connectivity index (χ3n) is 3.97. The molecule has 2 aromatic carbocycles. The summed E-state index contributed by atoms with van der Waals surface area (Å²) in [7, 11) is -4.62. The molecule has 28 heavy (non-hydrogen) atoms. The zero-order valence-electron chi connectivity index (χ0n) is 13.4. The van der Waals surface area contributed by atoms with Crippen LogP contribution in [-0.4, -0.2) is 19.3 Å². The lowest BCUT2D eigenvalue weighted by Gasteiger charge is -2.14. The van der Waals surface area contributed by atoms with E-state index in [4.69, 9.17) is 0 Å². The van der Waals surface area contributed by atoms with Crippen molar-refractivity contribution < 1.29 is 44.7 Å². The van der Waals surface area contributed by atoms with E-state index in [1.54, 1.807) is 0 Å². The molecule has 3 rings (SSSR count). The summed E-state index contributed by atoms with van der Waals surface area (Å²) in [5.41, 5.74) is -4.95. The van der Waals surface area contributed by atoms with Gasteiger partial charge in [-0.25, -0.2) is 8.42 Å². The number of halogens is 6. The average Bonchev–Trinajstić information content (AvgIpc) is 2.79. The van der Waals surface area contributed by atoms with Gasteiger partial charge < -0.3 is 5.11 Å². The first kappa shape index (κ1) is 19.9. The third kappa shape index (κ3) is 3.15. The predicted molar refractivity (Wildman–Crippen MR) is 84.0 cm³/mol. The standard InChI is InChI=1S/C17H8F6O4S/c18-16(19,20)9-5-8(6-10(7-9)17(21,22)23)13(24)15-14(25)11-3-1-2-4-12(11)28(15,26)27/h1-7,24H/b15-13+. The summed E-state index contributed by atoms with van der Waals surface area (Å²) in [6.45, 7) is 0. The van der Waals surface area contributed by atoms with Gasteiger partial charge in [0.15, 0.2) is 4.91 Å². The molecule has 1 N–H and O–H groups in total. The van der Waals surface area contributed by atoms with Gasteiger partial charge in [-0.2, -0.15) is 26.3 Å². The Balaban J connectivity index is 2.31. The number of sulfone groups is 1. The van der Waals surface area contributed by atoms with Crippen molar-refractivity contribution in [3.05, 3.63) is 69.6 Å². The molecule has 0 aromatic heterocycles. The molecule has 0 fully saturated rings. The van der Waals surface area contributed by atoms with Crippen LogP contribution < -0.4 is 0 Å². The van der Waals surface area contributed by atoms with Crippen molar-refractivity contribution in [3.63, 3.8) is 0 Å². The van der Waals surface area contributed by atoms with Crippen molar-refractivity contribution in [3.8, 4) is 0 Å². The number of alkyl halides is 6. The topological polar surface area (TPSA) is 71.4 Å². The molecule has 0 saturated heterocycles. The Bertz CT molecular complexity index is 1090.